The van der Waals surface area contributed by atoms with Gasteiger partial charge in [-0.3, -0.25) is 10.0 Å². The number of nitrogens with zero attached hydrogens (tertiary/aromatic N) is 1. The summed E-state index contributed by atoms with van der Waals surface area (Å²) in [6.45, 7) is 1.07. The van der Waals surface area contributed by atoms with Gasteiger partial charge in [-0.1, -0.05) is 49.9 Å². The normalized spacial score (nSPS) is 12.9. The van der Waals surface area contributed by atoms with E-state index in [9.17, 15) is 18.8 Å². The van der Waals surface area contributed by atoms with E-state index in [-0.39, 0.29) is 27.0 Å². The average Bonchev–Trinajstić information content (AvgIpc) is 3.49. The lowest BCUT2D eigenvalue weighted by Gasteiger charge is -2.13. The quantitative estimate of drug-likeness (QED) is 0.420. The van der Waals surface area contributed by atoms with E-state index in [2.05, 4.69) is 10.1 Å². The van der Waals surface area contributed by atoms with E-state index in [1.165, 1.54) is 30.6 Å². The fourth-order valence-electron chi connectivity index (χ4n) is 2.71. The minimum atomic E-state index is -2.93. The minimum absolute atomic E-state index is 0.0463. The number of nitrogens with one attached hydrogen (secondary N) is 1. The Morgan fingerprint density at radius 2 is 1.90 bits per heavy atom. The van der Waals surface area contributed by atoms with E-state index in [0.29, 0.717) is 22.6 Å². The molecule has 3 rings (SSSR count). The highest BCUT2D eigenvalue weighted by Crippen LogP contribution is 2.35. The first kappa shape index (κ1) is 23.2. The third-order valence-corrected chi connectivity index (χ3v) is 4.84. The van der Waals surface area contributed by atoms with Gasteiger partial charge in [-0.2, -0.15) is 8.78 Å². The van der Waals surface area contributed by atoms with Gasteiger partial charge in [0, 0.05) is 10.3 Å². The van der Waals surface area contributed by atoms with E-state index in [0.717, 1.165) is 19.3 Å². The van der Waals surface area contributed by atoms with Gasteiger partial charge in [0.25, 0.3) is 5.91 Å². The summed E-state index contributed by atoms with van der Waals surface area (Å²) >= 11 is 12.0. The molecule has 1 fully saturated rings. The van der Waals surface area contributed by atoms with Crippen molar-refractivity contribution in [3.63, 3.8) is 0 Å². The second kappa shape index (κ2) is 10.6. The maximum atomic E-state index is 12.6. The zero-order valence-corrected chi connectivity index (χ0v) is 17.6. The van der Waals surface area contributed by atoms with Crippen molar-refractivity contribution in [1.29, 1.82) is 0 Å². The minimum Gasteiger partial charge on any atom is -0.435 e. The maximum absolute atomic E-state index is 12.6. The molecule has 0 aliphatic heterocycles. The van der Waals surface area contributed by atoms with Crippen molar-refractivity contribution in [3.8, 4) is 5.75 Å². The molecule has 0 bridgehead atoms. The predicted octanol–water partition coefficient (Wildman–Crippen LogP) is 5.74. The Hall–Kier alpha value is -2.12. The van der Waals surface area contributed by atoms with Crippen molar-refractivity contribution in [3.05, 3.63) is 51.8 Å². The summed E-state index contributed by atoms with van der Waals surface area (Å²) in [6, 6.07) is 4.29. The molecule has 2 N–H and O–H groups in total. The van der Waals surface area contributed by atoms with Crippen LogP contribution in [-0.2, 0) is 6.42 Å². The van der Waals surface area contributed by atoms with Crippen LogP contribution >= 0.6 is 23.2 Å². The summed E-state index contributed by atoms with van der Waals surface area (Å²) < 4.78 is 30.5. The molecule has 158 valence electrons. The number of ether oxygens (including phenoxy) is 1. The third-order valence-electron chi connectivity index (χ3n) is 4.26. The van der Waals surface area contributed by atoms with Crippen LogP contribution in [0.15, 0.2) is 30.6 Å². The van der Waals surface area contributed by atoms with Crippen LogP contribution in [0.25, 0.3) is 0 Å². The largest absolute Gasteiger partial charge is 0.435 e. The molecular weight excluding hydrogens is 425 g/mol. The average molecular weight is 448 g/mol. The lowest BCUT2D eigenvalue weighted by atomic mass is 10.0. The number of rotatable bonds is 7. The molecule has 2 aromatic rings. The fourth-order valence-corrected chi connectivity index (χ4v) is 3.26. The second-order valence-corrected chi connectivity index (χ2v) is 7.16. The molecule has 0 saturated heterocycles. The Kier molecular flexibility index (Phi) is 8.46. The molecule has 29 heavy (non-hydrogen) atoms. The lowest BCUT2D eigenvalue weighted by molar-refractivity contribution is -0.904. The summed E-state index contributed by atoms with van der Waals surface area (Å²) in [4.78, 5) is 12.6. The first-order chi connectivity index (χ1) is 13.8. The Bertz CT molecular complexity index is 839. The molecule has 0 unspecified atom stereocenters. The Labute approximate surface area is 178 Å². The van der Waals surface area contributed by atoms with E-state index >= 15 is 0 Å². The zero-order valence-electron chi connectivity index (χ0n) is 16.1. The maximum Gasteiger partial charge on any atom is 0.387 e. The number of carbonyl (C=O) groups is 1. The highest BCUT2D eigenvalue weighted by atomic mass is 35.5. The van der Waals surface area contributed by atoms with Crippen LogP contribution in [0.4, 0.5) is 14.5 Å². The number of aromatic nitrogens is 1. The number of halogens is 4. The topological polar surface area (TPSA) is 62.4 Å². The Balaban J connectivity index is 0.00000145. The van der Waals surface area contributed by atoms with Gasteiger partial charge >= 0.3 is 6.61 Å². The molecule has 0 atom stereocenters. The number of anilines is 1. The molecule has 1 aliphatic rings. The van der Waals surface area contributed by atoms with Crippen LogP contribution in [0.2, 0.25) is 10.0 Å². The number of amides is 1. The van der Waals surface area contributed by atoms with Crippen LogP contribution in [0.1, 0.15) is 49.0 Å². The summed E-state index contributed by atoms with van der Waals surface area (Å²) in [5.41, 5.74) is 0.949. The van der Waals surface area contributed by atoms with Crippen molar-refractivity contribution in [2.24, 2.45) is 5.92 Å². The highest BCUT2D eigenvalue weighted by molar-refractivity contribution is 6.39. The number of pyridine rings is 1. The monoisotopic (exact) mass is 447 g/mol. The van der Waals surface area contributed by atoms with Gasteiger partial charge < -0.3 is 10.1 Å². The van der Waals surface area contributed by atoms with Gasteiger partial charge in [0.15, 0.2) is 0 Å². The third kappa shape index (κ3) is 6.72. The fraction of sp³-hybridized carbons (Fsp3) is 0.400. The number of benzene rings is 1. The molecule has 1 aromatic heterocycles. The molecular formula is C20H23Cl2F2N2O3+. The number of aryl methyl sites for hydroxylation is 1. The van der Waals surface area contributed by atoms with Gasteiger partial charge in [0.05, 0.1) is 5.69 Å². The number of carbonyl (C=O) groups excluding carboxylic acids is 1. The molecule has 0 spiro atoms. The first-order valence-corrected chi connectivity index (χ1v) is 10.1. The van der Waals surface area contributed by atoms with Crippen molar-refractivity contribution in [1.82, 2.24) is 0 Å². The summed E-state index contributed by atoms with van der Waals surface area (Å²) in [5, 5.41) is 12.0. The molecule has 0 radical (unpaired) electrons. The van der Waals surface area contributed by atoms with Gasteiger partial charge in [-0.05, 0) is 42.5 Å². The molecule has 1 aliphatic carbocycles. The molecule has 1 amide bonds. The van der Waals surface area contributed by atoms with Gasteiger partial charge in [-0.15, -0.1) is 0 Å². The van der Waals surface area contributed by atoms with Crippen molar-refractivity contribution < 1.29 is 28.2 Å². The van der Waals surface area contributed by atoms with E-state index in [4.69, 9.17) is 23.2 Å². The van der Waals surface area contributed by atoms with Crippen LogP contribution in [0.3, 0.4) is 0 Å². The lowest BCUT2D eigenvalue weighted by Crippen LogP contribution is -2.29. The van der Waals surface area contributed by atoms with Crippen molar-refractivity contribution >= 4 is 34.8 Å². The molecule has 1 heterocycles. The van der Waals surface area contributed by atoms with Crippen LogP contribution in [0, 0.1) is 5.92 Å². The smallest absolute Gasteiger partial charge is 0.387 e. The predicted molar refractivity (Wildman–Crippen MR) is 107 cm³/mol. The zero-order chi connectivity index (χ0) is 21.6. The number of hydrogen-bond acceptors (Lipinski definition) is 3. The molecule has 9 heteroatoms. The van der Waals surface area contributed by atoms with Crippen molar-refractivity contribution in [2.75, 3.05) is 5.32 Å². The van der Waals surface area contributed by atoms with Crippen LogP contribution in [0.5, 0.6) is 5.75 Å². The highest BCUT2D eigenvalue weighted by Gasteiger charge is 2.23. The van der Waals surface area contributed by atoms with E-state index in [1.807, 2.05) is 13.8 Å². The SMILES string of the molecule is CC.O=C(Nc1c(Cl)c[n+](O)cc1Cl)c1ccc(OC(F)F)c(CCC2CC2)c1. The first-order valence-electron chi connectivity index (χ1n) is 9.32. The Morgan fingerprint density at radius 1 is 1.28 bits per heavy atom. The van der Waals surface area contributed by atoms with Gasteiger partial charge in [-0.25, -0.2) is 0 Å². The standard InChI is InChI=1S/C18H16Cl2F2N2O3.C2H6/c19-13-8-24(26)9-14(20)16(13)23-17(25)12-5-6-15(27-18(21)22)11(7-12)4-3-10-1-2-10;1-2/h5-10,18,26H,1-4H2;1-2H3/p+1. The Morgan fingerprint density at radius 3 is 2.45 bits per heavy atom. The van der Waals surface area contributed by atoms with E-state index in [1.54, 1.807) is 0 Å². The van der Waals surface area contributed by atoms with E-state index < -0.39 is 12.5 Å². The summed E-state index contributed by atoms with van der Waals surface area (Å²) in [5.74, 6) is 0.166. The molecule has 1 saturated carbocycles. The number of alkyl halides is 2. The summed E-state index contributed by atoms with van der Waals surface area (Å²) in [6.07, 6.45) is 6.03. The number of hydrogen-bond donors (Lipinski definition) is 2. The van der Waals surface area contributed by atoms with Crippen molar-refractivity contribution in [2.45, 2.75) is 46.1 Å². The van der Waals surface area contributed by atoms with Gasteiger partial charge in [0.1, 0.15) is 15.8 Å². The second-order valence-electron chi connectivity index (χ2n) is 6.35. The summed E-state index contributed by atoms with van der Waals surface area (Å²) in [7, 11) is 0. The van der Waals surface area contributed by atoms with Crippen LogP contribution < -0.4 is 14.8 Å². The van der Waals surface area contributed by atoms with Gasteiger partial charge in [0.2, 0.25) is 12.4 Å². The molecule has 5 nitrogen and oxygen atoms in total. The molecule has 1 aromatic carbocycles. The van der Waals surface area contributed by atoms with Crippen LogP contribution in [-0.4, -0.2) is 17.7 Å².